The third kappa shape index (κ3) is 5.10. The number of rotatable bonds is 6. The number of anilines is 3. The molecule has 2 aliphatic rings. The van der Waals surface area contributed by atoms with E-state index in [1.165, 1.54) is 23.6 Å². The van der Waals surface area contributed by atoms with Crippen LogP contribution in [0.2, 0.25) is 0 Å². The number of carbonyl (C=O) groups is 1. The maximum atomic E-state index is 13.5. The topological polar surface area (TPSA) is 131 Å². The molecule has 0 bridgehead atoms. The quantitative estimate of drug-likeness (QED) is 0.279. The molecule has 13 heteroatoms. The second-order valence-corrected chi connectivity index (χ2v) is 10.5. The van der Waals surface area contributed by atoms with Gasteiger partial charge in [-0.2, -0.15) is 4.39 Å². The average molecular weight is 583 g/mol. The summed E-state index contributed by atoms with van der Waals surface area (Å²) >= 11 is 1.42. The molecule has 0 aliphatic carbocycles. The van der Waals surface area contributed by atoms with E-state index in [4.69, 9.17) is 19.1 Å². The number of carbonyl (C=O) groups excluding carboxylic acids is 1. The van der Waals surface area contributed by atoms with E-state index in [9.17, 15) is 9.18 Å². The first kappa shape index (κ1) is 25.9. The number of para-hydroxylation sites is 1. The van der Waals surface area contributed by atoms with Gasteiger partial charge < -0.3 is 24.7 Å². The van der Waals surface area contributed by atoms with Gasteiger partial charge in [-0.15, -0.1) is 5.10 Å². The van der Waals surface area contributed by atoms with Crippen molar-refractivity contribution in [2.45, 2.75) is 6.17 Å². The van der Waals surface area contributed by atoms with Gasteiger partial charge in [0, 0.05) is 36.0 Å². The molecule has 42 heavy (non-hydrogen) atoms. The molecule has 7 rings (SSSR count). The molecule has 5 heterocycles. The summed E-state index contributed by atoms with van der Waals surface area (Å²) in [5, 5.41) is 15.8. The van der Waals surface area contributed by atoms with E-state index in [1.54, 1.807) is 6.07 Å². The van der Waals surface area contributed by atoms with Crippen molar-refractivity contribution in [1.29, 1.82) is 0 Å². The molecule has 5 aromatic rings. The summed E-state index contributed by atoms with van der Waals surface area (Å²) in [4.78, 5) is 28.7. The number of hydrogen-bond donors (Lipinski definition) is 2. The maximum absolute atomic E-state index is 13.5. The second kappa shape index (κ2) is 11.1. The molecular formula is C29H23FN8O3S. The third-order valence-electron chi connectivity index (χ3n) is 6.76. The first-order chi connectivity index (χ1) is 20.6. The molecule has 3 aromatic heterocycles. The number of amides is 1. The van der Waals surface area contributed by atoms with Crippen molar-refractivity contribution in [3.63, 3.8) is 0 Å². The Kier molecular flexibility index (Phi) is 6.85. The second-order valence-electron chi connectivity index (χ2n) is 9.48. The van der Waals surface area contributed by atoms with Gasteiger partial charge in [0.2, 0.25) is 12.1 Å². The smallest absolute Gasteiger partial charge is 0.317 e. The lowest BCUT2D eigenvalue weighted by molar-refractivity contribution is -0.116. The Morgan fingerprint density at radius 1 is 0.976 bits per heavy atom. The van der Waals surface area contributed by atoms with Gasteiger partial charge in [0.05, 0.1) is 24.6 Å². The van der Waals surface area contributed by atoms with Crippen LogP contribution in [0, 0.1) is 5.95 Å². The Balaban J connectivity index is 1.22. The number of fused-ring (bicyclic) bond motifs is 1. The Morgan fingerprint density at radius 3 is 2.60 bits per heavy atom. The average Bonchev–Trinajstić information content (AvgIpc) is 3.65. The normalized spacial score (nSPS) is 16.8. The SMILES string of the molecule is O=C1Nc2ccccc2C(c2ccccc2)=N[C@@H]1Nc1nnc(-c2nc(-c3ccc(F)nc3)sc2N2CCOCC2)o1. The number of nitrogens with zero attached hydrogens (tertiary/aromatic N) is 6. The van der Waals surface area contributed by atoms with E-state index in [2.05, 4.69) is 30.7 Å². The van der Waals surface area contributed by atoms with Crippen molar-refractivity contribution < 1.29 is 18.3 Å². The largest absolute Gasteiger partial charge is 0.402 e. The number of halogens is 1. The monoisotopic (exact) mass is 582 g/mol. The Labute approximate surface area is 243 Å². The van der Waals surface area contributed by atoms with Gasteiger partial charge in [-0.3, -0.25) is 4.79 Å². The number of pyridine rings is 1. The highest BCUT2D eigenvalue weighted by atomic mass is 32.1. The van der Waals surface area contributed by atoms with Crippen LogP contribution in [0.25, 0.3) is 22.2 Å². The standard InChI is InChI=1S/C29H23FN8O3S/c30-21-11-10-18(16-31-21)27-34-23(28(42-27)38-12-14-40-15-13-38)26-36-37-29(41-26)35-24-25(39)32-20-9-5-4-8-19(20)22(33-24)17-6-2-1-3-7-17/h1-11,16,24H,12-15H2,(H,32,39)(H,35,37)/t24-/m1/s1. The van der Waals surface area contributed by atoms with E-state index >= 15 is 0 Å². The molecule has 1 saturated heterocycles. The zero-order valence-electron chi connectivity index (χ0n) is 22.0. The Hall–Kier alpha value is -5.01. The van der Waals surface area contributed by atoms with Gasteiger partial charge >= 0.3 is 6.01 Å². The van der Waals surface area contributed by atoms with Crippen molar-refractivity contribution in [3.8, 4) is 22.2 Å². The number of nitrogens with one attached hydrogen (secondary N) is 2. The molecule has 2 aromatic carbocycles. The van der Waals surface area contributed by atoms with Crippen molar-refractivity contribution >= 4 is 39.7 Å². The molecule has 2 N–H and O–H groups in total. The van der Waals surface area contributed by atoms with Crippen LogP contribution < -0.4 is 15.5 Å². The fraction of sp³-hybridized carbons (Fsp3) is 0.172. The maximum Gasteiger partial charge on any atom is 0.317 e. The van der Waals surface area contributed by atoms with Crippen LogP contribution in [0.5, 0.6) is 0 Å². The van der Waals surface area contributed by atoms with Crippen LogP contribution in [0.15, 0.2) is 82.3 Å². The van der Waals surface area contributed by atoms with Crippen LogP contribution in [0.4, 0.5) is 21.1 Å². The summed E-state index contributed by atoms with van der Waals surface area (Å²) in [5.41, 5.74) is 4.10. The van der Waals surface area contributed by atoms with E-state index in [0.717, 1.165) is 16.1 Å². The van der Waals surface area contributed by atoms with Crippen molar-refractivity contribution in [2.24, 2.45) is 4.99 Å². The number of morpholine rings is 1. The van der Waals surface area contributed by atoms with Crippen LogP contribution >= 0.6 is 11.3 Å². The first-order valence-electron chi connectivity index (χ1n) is 13.2. The minimum Gasteiger partial charge on any atom is -0.402 e. The molecule has 2 aliphatic heterocycles. The Morgan fingerprint density at radius 2 is 1.79 bits per heavy atom. The highest BCUT2D eigenvalue weighted by Crippen LogP contribution is 2.40. The van der Waals surface area contributed by atoms with E-state index < -0.39 is 12.1 Å². The van der Waals surface area contributed by atoms with Crippen LogP contribution in [0.1, 0.15) is 11.1 Å². The highest BCUT2D eigenvalue weighted by molar-refractivity contribution is 7.19. The summed E-state index contributed by atoms with van der Waals surface area (Å²) in [7, 11) is 0. The van der Waals surface area contributed by atoms with Gasteiger partial charge in [0.15, 0.2) is 5.69 Å². The summed E-state index contributed by atoms with van der Waals surface area (Å²) in [6.45, 7) is 2.47. The summed E-state index contributed by atoms with van der Waals surface area (Å²) < 4.78 is 25.0. The molecular weight excluding hydrogens is 559 g/mol. The van der Waals surface area contributed by atoms with Crippen LogP contribution in [-0.4, -0.2) is 64.3 Å². The molecule has 210 valence electrons. The van der Waals surface area contributed by atoms with E-state index in [1.807, 2.05) is 54.6 Å². The number of aliphatic imine (C=N–C) groups is 1. The van der Waals surface area contributed by atoms with Crippen LogP contribution in [0.3, 0.4) is 0 Å². The van der Waals surface area contributed by atoms with Gasteiger partial charge in [-0.25, -0.2) is 15.0 Å². The van der Waals surface area contributed by atoms with Gasteiger partial charge in [0.1, 0.15) is 10.0 Å². The lowest BCUT2D eigenvalue weighted by atomic mass is 10.0. The Bertz CT molecular complexity index is 1770. The molecule has 0 radical (unpaired) electrons. The fourth-order valence-corrected chi connectivity index (χ4v) is 5.83. The third-order valence-corrected chi connectivity index (χ3v) is 7.93. The summed E-state index contributed by atoms with van der Waals surface area (Å²) in [5.74, 6) is -0.775. The minimum absolute atomic E-state index is 0.0122. The lowest BCUT2D eigenvalue weighted by Gasteiger charge is -2.27. The van der Waals surface area contributed by atoms with Crippen LogP contribution in [-0.2, 0) is 9.53 Å². The zero-order chi connectivity index (χ0) is 28.5. The van der Waals surface area contributed by atoms with E-state index in [0.29, 0.717) is 54.0 Å². The first-order valence-corrected chi connectivity index (χ1v) is 14.0. The number of benzodiazepines with no additional fused rings is 1. The number of ether oxygens (including phenoxy) is 1. The molecule has 11 nitrogen and oxygen atoms in total. The van der Waals surface area contributed by atoms with Gasteiger partial charge in [-0.1, -0.05) is 65.0 Å². The van der Waals surface area contributed by atoms with Gasteiger partial charge in [0.25, 0.3) is 11.8 Å². The number of hydrogen-bond acceptors (Lipinski definition) is 11. The predicted octanol–water partition coefficient (Wildman–Crippen LogP) is 4.46. The molecule has 1 amide bonds. The number of benzene rings is 2. The summed E-state index contributed by atoms with van der Waals surface area (Å²) in [6.07, 6.45) is 0.392. The number of aromatic nitrogens is 4. The van der Waals surface area contributed by atoms with Crippen molar-refractivity contribution in [2.75, 3.05) is 41.8 Å². The number of thiazole rings is 1. The predicted molar refractivity (Wildman–Crippen MR) is 156 cm³/mol. The highest BCUT2D eigenvalue weighted by Gasteiger charge is 2.29. The lowest BCUT2D eigenvalue weighted by Crippen LogP contribution is -2.35. The molecule has 0 spiro atoms. The molecule has 1 atom stereocenters. The fourth-order valence-electron chi connectivity index (χ4n) is 4.73. The summed E-state index contributed by atoms with van der Waals surface area (Å²) in [6, 6.07) is 20.1. The van der Waals surface area contributed by atoms with E-state index in [-0.39, 0.29) is 17.8 Å². The zero-order valence-corrected chi connectivity index (χ0v) is 22.8. The molecule has 0 saturated carbocycles. The molecule has 1 fully saturated rings. The van der Waals surface area contributed by atoms with Crippen molar-refractivity contribution in [1.82, 2.24) is 20.2 Å². The van der Waals surface area contributed by atoms with Gasteiger partial charge in [-0.05, 0) is 18.2 Å². The van der Waals surface area contributed by atoms with Crippen molar-refractivity contribution in [3.05, 3.63) is 90.0 Å². The molecule has 0 unspecified atom stereocenters. The minimum atomic E-state index is -1.05.